The van der Waals surface area contributed by atoms with Gasteiger partial charge in [0.2, 0.25) is 5.91 Å². The smallest absolute Gasteiger partial charge is 0.230 e. The maximum atomic E-state index is 12.6. The SMILES string of the molecule is C=CCN1CCN(C(=O)C(CC)(CC)CN)CC1. The van der Waals surface area contributed by atoms with E-state index in [2.05, 4.69) is 25.3 Å². The predicted molar refractivity (Wildman–Crippen MR) is 75.3 cm³/mol. The van der Waals surface area contributed by atoms with E-state index in [0.29, 0.717) is 6.54 Å². The molecule has 0 spiro atoms. The van der Waals surface area contributed by atoms with Crippen molar-refractivity contribution in [3.05, 3.63) is 12.7 Å². The number of carbonyl (C=O) groups is 1. The molecule has 4 heteroatoms. The van der Waals surface area contributed by atoms with Crippen LogP contribution in [0, 0.1) is 5.41 Å². The van der Waals surface area contributed by atoms with Crippen molar-refractivity contribution in [3.63, 3.8) is 0 Å². The topological polar surface area (TPSA) is 49.6 Å². The minimum Gasteiger partial charge on any atom is -0.340 e. The molecule has 18 heavy (non-hydrogen) atoms. The second-order valence-corrected chi connectivity index (χ2v) is 5.07. The van der Waals surface area contributed by atoms with E-state index in [4.69, 9.17) is 5.73 Å². The fourth-order valence-corrected chi connectivity index (χ4v) is 2.58. The van der Waals surface area contributed by atoms with Crippen molar-refractivity contribution >= 4 is 5.91 Å². The summed E-state index contributed by atoms with van der Waals surface area (Å²) in [5, 5.41) is 0. The average Bonchev–Trinajstić information content (AvgIpc) is 2.42. The lowest BCUT2D eigenvalue weighted by atomic mass is 9.81. The van der Waals surface area contributed by atoms with E-state index in [9.17, 15) is 4.79 Å². The number of nitrogens with two attached hydrogens (primary N) is 1. The molecule has 1 rings (SSSR count). The van der Waals surface area contributed by atoms with Crippen molar-refractivity contribution in [2.45, 2.75) is 26.7 Å². The molecular weight excluding hydrogens is 226 g/mol. The molecular formula is C14H27N3O. The van der Waals surface area contributed by atoms with Gasteiger partial charge in [-0.15, -0.1) is 6.58 Å². The molecule has 104 valence electrons. The van der Waals surface area contributed by atoms with Crippen LogP contribution >= 0.6 is 0 Å². The van der Waals surface area contributed by atoms with Gasteiger partial charge in [0.05, 0.1) is 5.41 Å². The number of hydrogen-bond acceptors (Lipinski definition) is 3. The van der Waals surface area contributed by atoms with Crippen LogP contribution in [0.25, 0.3) is 0 Å². The third-order valence-corrected chi connectivity index (χ3v) is 4.24. The van der Waals surface area contributed by atoms with Gasteiger partial charge < -0.3 is 10.6 Å². The van der Waals surface area contributed by atoms with E-state index < -0.39 is 0 Å². The third-order valence-electron chi connectivity index (χ3n) is 4.24. The van der Waals surface area contributed by atoms with Gasteiger partial charge in [0, 0.05) is 39.3 Å². The standard InChI is InChI=1S/C14H27N3O/c1-4-7-16-8-10-17(11-9-16)13(18)14(5-2,6-3)12-15/h4H,1,5-12,15H2,2-3H3. The molecule has 0 atom stereocenters. The largest absolute Gasteiger partial charge is 0.340 e. The number of piperazine rings is 1. The Morgan fingerprint density at radius 1 is 1.28 bits per heavy atom. The van der Waals surface area contributed by atoms with Crippen LogP contribution in [0.3, 0.4) is 0 Å². The summed E-state index contributed by atoms with van der Waals surface area (Å²) >= 11 is 0. The van der Waals surface area contributed by atoms with Crippen LogP contribution in [0.15, 0.2) is 12.7 Å². The number of rotatable bonds is 6. The number of carbonyl (C=O) groups excluding carboxylic acids is 1. The molecule has 0 aromatic carbocycles. The molecule has 4 nitrogen and oxygen atoms in total. The summed E-state index contributed by atoms with van der Waals surface area (Å²) in [6.07, 6.45) is 3.57. The first-order chi connectivity index (χ1) is 8.63. The van der Waals surface area contributed by atoms with Gasteiger partial charge >= 0.3 is 0 Å². The molecule has 1 aliphatic rings. The molecule has 1 heterocycles. The second kappa shape index (κ2) is 6.90. The quantitative estimate of drug-likeness (QED) is 0.721. The van der Waals surface area contributed by atoms with Crippen LogP contribution in [-0.4, -0.2) is 55.0 Å². The Hall–Kier alpha value is -0.870. The zero-order valence-corrected chi connectivity index (χ0v) is 11.8. The Labute approximate surface area is 111 Å². The minimum atomic E-state index is -0.347. The molecule has 0 bridgehead atoms. The predicted octanol–water partition coefficient (Wildman–Crippen LogP) is 1.08. The zero-order valence-electron chi connectivity index (χ0n) is 11.8. The third kappa shape index (κ3) is 3.12. The van der Waals surface area contributed by atoms with E-state index in [0.717, 1.165) is 45.6 Å². The van der Waals surface area contributed by atoms with Gasteiger partial charge in [0.25, 0.3) is 0 Å². The Kier molecular flexibility index (Phi) is 5.82. The van der Waals surface area contributed by atoms with Crippen molar-refractivity contribution in [2.75, 3.05) is 39.3 Å². The Balaban J connectivity index is 2.61. The first-order valence-electron chi connectivity index (χ1n) is 6.96. The first kappa shape index (κ1) is 15.2. The average molecular weight is 253 g/mol. The van der Waals surface area contributed by atoms with Crippen molar-refractivity contribution < 1.29 is 4.79 Å². The van der Waals surface area contributed by atoms with Gasteiger partial charge in [0.1, 0.15) is 0 Å². The van der Waals surface area contributed by atoms with Crippen LogP contribution in [0.2, 0.25) is 0 Å². The van der Waals surface area contributed by atoms with Gasteiger partial charge in [-0.3, -0.25) is 9.69 Å². The minimum absolute atomic E-state index is 0.244. The summed E-state index contributed by atoms with van der Waals surface area (Å²) in [5.74, 6) is 0.244. The lowest BCUT2D eigenvalue weighted by Gasteiger charge is -2.40. The van der Waals surface area contributed by atoms with E-state index in [-0.39, 0.29) is 11.3 Å². The van der Waals surface area contributed by atoms with Crippen molar-refractivity contribution in [1.82, 2.24) is 9.80 Å². The van der Waals surface area contributed by atoms with Crippen molar-refractivity contribution in [3.8, 4) is 0 Å². The molecule has 2 N–H and O–H groups in total. The monoisotopic (exact) mass is 253 g/mol. The molecule has 0 aromatic heterocycles. The summed E-state index contributed by atoms with van der Waals surface area (Å²) in [6, 6.07) is 0. The molecule has 0 unspecified atom stereocenters. The Bertz CT molecular complexity index is 270. The maximum absolute atomic E-state index is 12.6. The summed E-state index contributed by atoms with van der Waals surface area (Å²) in [5.41, 5.74) is 5.49. The van der Waals surface area contributed by atoms with Crippen molar-refractivity contribution in [2.24, 2.45) is 11.1 Å². The summed E-state index contributed by atoms with van der Waals surface area (Å²) in [7, 11) is 0. The Morgan fingerprint density at radius 2 is 1.83 bits per heavy atom. The molecule has 0 radical (unpaired) electrons. The molecule has 1 amide bonds. The molecule has 1 aliphatic heterocycles. The van der Waals surface area contributed by atoms with Gasteiger partial charge in [-0.25, -0.2) is 0 Å². The van der Waals surface area contributed by atoms with E-state index in [1.54, 1.807) is 0 Å². The van der Waals surface area contributed by atoms with Crippen LogP contribution < -0.4 is 5.73 Å². The van der Waals surface area contributed by atoms with Crippen LogP contribution in [-0.2, 0) is 4.79 Å². The van der Waals surface area contributed by atoms with E-state index >= 15 is 0 Å². The van der Waals surface area contributed by atoms with Crippen LogP contribution in [0.4, 0.5) is 0 Å². The van der Waals surface area contributed by atoms with Crippen LogP contribution in [0.5, 0.6) is 0 Å². The van der Waals surface area contributed by atoms with Gasteiger partial charge in [0.15, 0.2) is 0 Å². The summed E-state index contributed by atoms with van der Waals surface area (Å²) in [4.78, 5) is 16.9. The molecule has 1 fully saturated rings. The Morgan fingerprint density at radius 3 is 2.22 bits per heavy atom. The van der Waals surface area contributed by atoms with Crippen LogP contribution in [0.1, 0.15) is 26.7 Å². The lowest BCUT2D eigenvalue weighted by Crippen LogP contribution is -2.54. The fraction of sp³-hybridized carbons (Fsp3) is 0.786. The highest BCUT2D eigenvalue weighted by atomic mass is 16.2. The van der Waals surface area contributed by atoms with Crippen molar-refractivity contribution in [1.29, 1.82) is 0 Å². The summed E-state index contributed by atoms with van der Waals surface area (Å²) < 4.78 is 0. The molecule has 0 aromatic rings. The highest BCUT2D eigenvalue weighted by Crippen LogP contribution is 2.28. The van der Waals surface area contributed by atoms with Gasteiger partial charge in [-0.2, -0.15) is 0 Å². The fourth-order valence-electron chi connectivity index (χ4n) is 2.58. The highest BCUT2D eigenvalue weighted by Gasteiger charge is 2.37. The highest BCUT2D eigenvalue weighted by molar-refractivity contribution is 5.83. The first-order valence-corrected chi connectivity index (χ1v) is 6.96. The van der Waals surface area contributed by atoms with Gasteiger partial charge in [-0.05, 0) is 12.8 Å². The van der Waals surface area contributed by atoms with E-state index in [1.165, 1.54) is 0 Å². The summed E-state index contributed by atoms with van der Waals surface area (Å²) in [6.45, 7) is 12.7. The number of amides is 1. The molecule has 0 aliphatic carbocycles. The molecule has 1 saturated heterocycles. The van der Waals surface area contributed by atoms with E-state index in [1.807, 2.05) is 11.0 Å². The number of nitrogens with zero attached hydrogens (tertiary/aromatic N) is 2. The number of hydrogen-bond donors (Lipinski definition) is 1. The second-order valence-electron chi connectivity index (χ2n) is 5.07. The zero-order chi connectivity index (χ0) is 13.6. The lowest BCUT2D eigenvalue weighted by molar-refractivity contribution is -0.144. The molecule has 0 saturated carbocycles. The maximum Gasteiger partial charge on any atom is 0.230 e. The van der Waals surface area contributed by atoms with Gasteiger partial charge in [-0.1, -0.05) is 19.9 Å². The normalized spacial score (nSPS) is 17.8.